The number of nitrogens with one attached hydrogen (secondary N) is 1. The predicted octanol–water partition coefficient (Wildman–Crippen LogP) is -0.937. The van der Waals surface area contributed by atoms with Gasteiger partial charge in [-0.15, -0.1) is 0 Å². The molecular weight excluding hydrogens is 144 g/mol. The molecule has 4 nitrogen and oxygen atoms in total. The second-order valence-corrected chi connectivity index (χ2v) is 2.81. The number of morpholine rings is 1. The van der Waals surface area contributed by atoms with E-state index in [1.54, 1.807) is 19.0 Å². The van der Waals surface area contributed by atoms with Crippen LogP contribution in [0.15, 0.2) is 0 Å². The van der Waals surface area contributed by atoms with Gasteiger partial charge in [0.05, 0.1) is 13.2 Å². The van der Waals surface area contributed by atoms with Crippen molar-refractivity contribution in [1.29, 1.82) is 0 Å². The van der Waals surface area contributed by atoms with E-state index in [1.807, 2.05) is 0 Å². The zero-order chi connectivity index (χ0) is 8.27. The summed E-state index contributed by atoms with van der Waals surface area (Å²) in [6, 6.07) is -0.140. The summed E-state index contributed by atoms with van der Waals surface area (Å²) in [4.78, 5) is 12.9. The molecule has 0 radical (unpaired) electrons. The lowest BCUT2D eigenvalue weighted by Gasteiger charge is -2.25. The van der Waals surface area contributed by atoms with Crippen molar-refractivity contribution in [1.82, 2.24) is 10.2 Å². The third-order valence-corrected chi connectivity index (χ3v) is 1.66. The van der Waals surface area contributed by atoms with Crippen molar-refractivity contribution in [2.75, 3.05) is 33.9 Å². The number of amides is 1. The summed E-state index contributed by atoms with van der Waals surface area (Å²) >= 11 is 0. The van der Waals surface area contributed by atoms with Gasteiger partial charge in [0.25, 0.3) is 0 Å². The molecule has 1 atom stereocenters. The molecule has 0 aromatic carbocycles. The lowest BCUT2D eigenvalue weighted by Crippen LogP contribution is -2.50. The summed E-state index contributed by atoms with van der Waals surface area (Å²) in [5.74, 6) is 0.0877. The van der Waals surface area contributed by atoms with Gasteiger partial charge in [-0.3, -0.25) is 4.79 Å². The van der Waals surface area contributed by atoms with Gasteiger partial charge in [0.2, 0.25) is 5.91 Å². The van der Waals surface area contributed by atoms with Gasteiger partial charge >= 0.3 is 0 Å². The molecule has 1 aliphatic rings. The van der Waals surface area contributed by atoms with Gasteiger partial charge in [-0.25, -0.2) is 0 Å². The smallest absolute Gasteiger partial charge is 0.241 e. The summed E-state index contributed by atoms with van der Waals surface area (Å²) in [7, 11) is 3.50. The molecule has 11 heavy (non-hydrogen) atoms. The molecule has 0 aromatic rings. The molecule has 1 heterocycles. The fourth-order valence-electron chi connectivity index (χ4n) is 1.04. The average Bonchev–Trinajstić information content (AvgIpc) is 2.05. The highest BCUT2D eigenvalue weighted by Crippen LogP contribution is 1.95. The van der Waals surface area contributed by atoms with Crippen LogP contribution in [0.1, 0.15) is 0 Å². The maximum absolute atomic E-state index is 11.3. The van der Waals surface area contributed by atoms with E-state index in [-0.39, 0.29) is 11.9 Å². The second-order valence-electron chi connectivity index (χ2n) is 2.81. The summed E-state index contributed by atoms with van der Waals surface area (Å²) in [5.41, 5.74) is 0. The van der Waals surface area contributed by atoms with Gasteiger partial charge in [0.15, 0.2) is 0 Å². The Balaban J connectivity index is 2.39. The van der Waals surface area contributed by atoms with Crippen molar-refractivity contribution in [2.24, 2.45) is 0 Å². The number of hydrogen-bond acceptors (Lipinski definition) is 3. The van der Waals surface area contributed by atoms with Crippen molar-refractivity contribution < 1.29 is 9.53 Å². The maximum Gasteiger partial charge on any atom is 0.241 e. The van der Waals surface area contributed by atoms with Gasteiger partial charge in [0.1, 0.15) is 6.04 Å². The fraction of sp³-hybridized carbons (Fsp3) is 0.857. The van der Waals surface area contributed by atoms with Crippen LogP contribution in [0.5, 0.6) is 0 Å². The molecule has 0 saturated carbocycles. The normalized spacial score (nSPS) is 24.7. The summed E-state index contributed by atoms with van der Waals surface area (Å²) in [6.07, 6.45) is 0. The standard InChI is InChI=1S/C7H14N2O2/c1-9(2)7(10)6-5-11-4-3-8-6/h6,8H,3-5H2,1-2H3. The molecule has 0 bridgehead atoms. The third-order valence-electron chi connectivity index (χ3n) is 1.66. The van der Waals surface area contributed by atoms with Crippen LogP contribution >= 0.6 is 0 Å². The van der Waals surface area contributed by atoms with Crippen LogP contribution in [0.4, 0.5) is 0 Å². The quantitative estimate of drug-likeness (QED) is 0.535. The molecule has 0 aromatic heterocycles. The Morgan fingerprint density at radius 3 is 2.82 bits per heavy atom. The van der Waals surface area contributed by atoms with Crippen molar-refractivity contribution >= 4 is 5.91 Å². The Kier molecular flexibility index (Phi) is 2.84. The van der Waals surface area contributed by atoms with Crippen LogP contribution in [0.25, 0.3) is 0 Å². The van der Waals surface area contributed by atoms with E-state index >= 15 is 0 Å². The molecular formula is C7H14N2O2. The second kappa shape index (κ2) is 3.69. The lowest BCUT2D eigenvalue weighted by atomic mass is 10.2. The van der Waals surface area contributed by atoms with Crippen molar-refractivity contribution in [3.63, 3.8) is 0 Å². The number of likely N-dealkylation sites (N-methyl/N-ethyl adjacent to an activating group) is 1. The van der Waals surface area contributed by atoms with E-state index in [0.29, 0.717) is 13.2 Å². The average molecular weight is 158 g/mol. The minimum absolute atomic E-state index is 0.0877. The minimum atomic E-state index is -0.140. The molecule has 0 spiro atoms. The van der Waals surface area contributed by atoms with Crippen molar-refractivity contribution in [3.8, 4) is 0 Å². The predicted molar refractivity (Wildman–Crippen MR) is 41.3 cm³/mol. The third kappa shape index (κ3) is 2.17. The van der Waals surface area contributed by atoms with Crippen molar-refractivity contribution in [2.45, 2.75) is 6.04 Å². The number of rotatable bonds is 1. The van der Waals surface area contributed by atoms with Crippen molar-refractivity contribution in [3.05, 3.63) is 0 Å². The number of ether oxygens (including phenoxy) is 1. The Morgan fingerprint density at radius 1 is 1.64 bits per heavy atom. The monoisotopic (exact) mass is 158 g/mol. The first-order valence-corrected chi connectivity index (χ1v) is 3.74. The molecule has 64 valence electrons. The molecule has 1 fully saturated rings. The van der Waals surface area contributed by atoms with Crippen LogP contribution in [0, 0.1) is 0 Å². The SMILES string of the molecule is CN(C)C(=O)C1COCCN1. The molecule has 1 rings (SSSR count). The van der Waals surface area contributed by atoms with Crippen LogP contribution in [-0.2, 0) is 9.53 Å². The highest BCUT2D eigenvalue weighted by molar-refractivity contribution is 5.81. The van der Waals surface area contributed by atoms with Gasteiger partial charge in [-0.2, -0.15) is 0 Å². The fourth-order valence-corrected chi connectivity index (χ4v) is 1.04. The Morgan fingerprint density at radius 2 is 2.36 bits per heavy atom. The van der Waals surface area contributed by atoms with E-state index in [4.69, 9.17) is 4.74 Å². The van der Waals surface area contributed by atoms with Crippen LogP contribution in [-0.4, -0.2) is 50.7 Å². The van der Waals surface area contributed by atoms with Gasteiger partial charge in [-0.05, 0) is 0 Å². The zero-order valence-electron chi connectivity index (χ0n) is 6.96. The van der Waals surface area contributed by atoms with E-state index < -0.39 is 0 Å². The van der Waals surface area contributed by atoms with Gasteiger partial charge in [0, 0.05) is 20.6 Å². The number of nitrogens with zero attached hydrogens (tertiary/aromatic N) is 1. The van der Waals surface area contributed by atoms with Crippen LogP contribution < -0.4 is 5.32 Å². The van der Waals surface area contributed by atoms with E-state index in [9.17, 15) is 4.79 Å². The molecule has 0 aliphatic carbocycles. The first kappa shape index (κ1) is 8.49. The van der Waals surface area contributed by atoms with Crippen LogP contribution in [0.3, 0.4) is 0 Å². The van der Waals surface area contributed by atoms with Crippen LogP contribution in [0.2, 0.25) is 0 Å². The summed E-state index contributed by atoms with van der Waals surface area (Å²) in [5, 5.41) is 3.08. The lowest BCUT2D eigenvalue weighted by molar-refractivity contribution is -0.133. The highest BCUT2D eigenvalue weighted by Gasteiger charge is 2.21. The largest absolute Gasteiger partial charge is 0.378 e. The Hall–Kier alpha value is -0.610. The topological polar surface area (TPSA) is 41.6 Å². The Bertz CT molecular complexity index is 141. The zero-order valence-corrected chi connectivity index (χ0v) is 6.96. The minimum Gasteiger partial charge on any atom is -0.378 e. The number of carbonyl (C=O) groups is 1. The van der Waals surface area contributed by atoms with E-state index in [1.165, 1.54) is 0 Å². The molecule has 1 unspecified atom stereocenters. The maximum atomic E-state index is 11.3. The van der Waals surface area contributed by atoms with Gasteiger partial charge < -0.3 is 15.0 Å². The first-order valence-electron chi connectivity index (χ1n) is 3.74. The van der Waals surface area contributed by atoms with E-state index in [0.717, 1.165) is 6.54 Å². The summed E-state index contributed by atoms with van der Waals surface area (Å²) < 4.78 is 5.14. The number of hydrogen-bond donors (Lipinski definition) is 1. The van der Waals surface area contributed by atoms with E-state index in [2.05, 4.69) is 5.32 Å². The number of carbonyl (C=O) groups excluding carboxylic acids is 1. The molecule has 1 N–H and O–H groups in total. The first-order chi connectivity index (χ1) is 5.22. The highest BCUT2D eigenvalue weighted by atomic mass is 16.5. The molecule has 4 heteroatoms. The molecule has 1 amide bonds. The summed E-state index contributed by atoms with van der Waals surface area (Å²) in [6.45, 7) is 1.97. The molecule has 1 aliphatic heterocycles. The molecule has 1 saturated heterocycles. The van der Waals surface area contributed by atoms with Gasteiger partial charge in [-0.1, -0.05) is 0 Å². The Labute approximate surface area is 66.5 Å².